The van der Waals surface area contributed by atoms with Crippen LogP contribution in [-0.4, -0.2) is 25.6 Å². The number of carbonyl (C=O) groups is 1. The van der Waals surface area contributed by atoms with E-state index in [0.717, 1.165) is 23.6 Å². The molecule has 0 fully saturated rings. The first-order valence-electron chi connectivity index (χ1n) is 9.52. The molecule has 0 atom stereocenters. The first-order valence-corrected chi connectivity index (χ1v) is 9.52. The molecule has 4 aromatic rings. The van der Waals surface area contributed by atoms with Crippen molar-refractivity contribution in [3.8, 4) is 11.4 Å². The van der Waals surface area contributed by atoms with E-state index >= 15 is 0 Å². The number of amides is 1. The van der Waals surface area contributed by atoms with E-state index < -0.39 is 0 Å². The number of anilines is 1. The van der Waals surface area contributed by atoms with Crippen LogP contribution in [0.5, 0.6) is 0 Å². The standard InChI is InChI=1S/C22H20FN5O2/c1-15-24-12-13-28(15)14-16-2-8-19(9-3-16)25-20(29)10-11-21-26-22(27-30-21)17-4-6-18(23)7-5-17/h2-9,12-13H,10-11,14H2,1H3,(H,25,29). The van der Waals surface area contributed by atoms with Gasteiger partial charge in [0.05, 0.1) is 0 Å². The van der Waals surface area contributed by atoms with Crippen LogP contribution in [0.3, 0.4) is 0 Å². The Balaban J connectivity index is 1.29. The fourth-order valence-electron chi connectivity index (χ4n) is 2.98. The van der Waals surface area contributed by atoms with E-state index in [9.17, 15) is 9.18 Å². The van der Waals surface area contributed by atoms with Gasteiger partial charge in [0, 0.05) is 43.0 Å². The van der Waals surface area contributed by atoms with Crippen molar-refractivity contribution in [1.82, 2.24) is 19.7 Å². The maximum atomic E-state index is 13.0. The lowest BCUT2D eigenvalue weighted by molar-refractivity contribution is -0.116. The molecule has 0 unspecified atom stereocenters. The zero-order valence-corrected chi connectivity index (χ0v) is 16.4. The number of halogens is 1. The van der Waals surface area contributed by atoms with E-state index in [2.05, 4.69) is 25.0 Å². The average molecular weight is 405 g/mol. The number of nitrogens with zero attached hydrogens (tertiary/aromatic N) is 4. The van der Waals surface area contributed by atoms with Crippen molar-refractivity contribution < 1.29 is 13.7 Å². The minimum atomic E-state index is -0.330. The highest BCUT2D eigenvalue weighted by Crippen LogP contribution is 2.17. The van der Waals surface area contributed by atoms with Gasteiger partial charge in [0.2, 0.25) is 17.6 Å². The number of hydrogen-bond acceptors (Lipinski definition) is 5. The molecule has 2 heterocycles. The Bertz CT molecular complexity index is 1130. The van der Waals surface area contributed by atoms with Crippen LogP contribution >= 0.6 is 0 Å². The maximum Gasteiger partial charge on any atom is 0.227 e. The summed E-state index contributed by atoms with van der Waals surface area (Å²) in [6, 6.07) is 13.5. The topological polar surface area (TPSA) is 85.8 Å². The zero-order valence-electron chi connectivity index (χ0n) is 16.4. The van der Waals surface area contributed by atoms with E-state index in [1.807, 2.05) is 37.4 Å². The maximum absolute atomic E-state index is 13.0. The largest absolute Gasteiger partial charge is 0.339 e. The average Bonchev–Trinajstić information content (AvgIpc) is 3.38. The number of rotatable bonds is 7. The Morgan fingerprint density at radius 2 is 1.90 bits per heavy atom. The van der Waals surface area contributed by atoms with Crippen molar-refractivity contribution in [2.45, 2.75) is 26.3 Å². The van der Waals surface area contributed by atoms with Gasteiger partial charge < -0.3 is 14.4 Å². The Morgan fingerprint density at radius 3 is 2.60 bits per heavy atom. The van der Waals surface area contributed by atoms with Gasteiger partial charge in [-0.1, -0.05) is 17.3 Å². The SMILES string of the molecule is Cc1nccn1Cc1ccc(NC(=O)CCc2nc(-c3ccc(F)cc3)no2)cc1. The van der Waals surface area contributed by atoms with Crippen molar-refractivity contribution in [3.63, 3.8) is 0 Å². The van der Waals surface area contributed by atoms with Gasteiger partial charge in [-0.25, -0.2) is 9.37 Å². The van der Waals surface area contributed by atoms with Crippen LogP contribution in [0, 0.1) is 12.7 Å². The molecule has 0 saturated heterocycles. The van der Waals surface area contributed by atoms with Gasteiger partial charge in [-0.2, -0.15) is 4.98 Å². The van der Waals surface area contributed by atoms with Crippen LogP contribution < -0.4 is 5.32 Å². The van der Waals surface area contributed by atoms with Crippen molar-refractivity contribution >= 4 is 11.6 Å². The van der Waals surface area contributed by atoms with E-state index in [4.69, 9.17) is 4.52 Å². The van der Waals surface area contributed by atoms with Crippen molar-refractivity contribution in [1.29, 1.82) is 0 Å². The van der Waals surface area contributed by atoms with Crippen LogP contribution in [0.25, 0.3) is 11.4 Å². The minimum absolute atomic E-state index is 0.144. The molecule has 1 amide bonds. The first-order chi connectivity index (χ1) is 14.6. The quantitative estimate of drug-likeness (QED) is 0.502. The van der Waals surface area contributed by atoms with Crippen LogP contribution in [0.4, 0.5) is 10.1 Å². The Kier molecular flexibility index (Phi) is 5.65. The third-order valence-corrected chi connectivity index (χ3v) is 4.65. The first kappa shape index (κ1) is 19.5. The number of carbonyl (C=O) groups excluding carboxylic acids is 1. The van der Waals surface area contributed by atoms with Gasteiger partial charge in [0.25, 0.3) is 0 Å². The summed E-state index contributed by atoms with van der Waals surface area (Å²) in [5.74, 6) is 1.21. The van der Waals surface area contributed by atoms with Crippen LogP contribution in [0.15, 0.2) is 65.4 Å². The molecule has 8 heteroatoms. The van der Waals surface area contributed by atoms with Gasteiger partial charge in [-0.3, -0.25) is 4.79 Å². The van der Waals surface area contributed by atoms with Gasteiger partial charge in [-0.05, 0) is 48.9 Å². The summed E-state index contributed by atoms with van der Waals surface area (Å²) in [4.78, 5) is 20.7. The van der Waals surface area contributed by atoms with Crippen molar-refractivity contribution in [2.75, 3.05) is 5.32 Å². The number of aromatic nitrogens is 4. The lowest BCUT2D eigenvalue weighted by Crippen LogP contribution is -2.12. The summed E-state index contributed by atoms with van der Waals surface area (Å²) < 4.78 is 20.2. The Morgan fingerprint density at radius 1 is 1.13 bits per heavy atom. The van der Waals surface area contributed by atoms with Gasteiger partial charge in [0.15, 0.2) is 0 Å². The molecule has 7 nitrogen and oxygen atoms in total. The third kappa shape index (κ3) is 4.78. The van der Waals surface area contributed by atoms with E-state index in [1.165, 1.54) is 12.1 Å². The predicted octanol–water partition coefficient (Wildman–Crippen LogP) is 4.00. The molecule has 1 N–H and O–H groups in total. The normalized spacial score (nSPS) is 10.9. The molecule has 4 rings (SSSR count). The van der Waals surface area contributed by atoms with Gasteiger partial charge in [0.1, 0.15) is 11.6 Å². The second-order valence-corrected chi connectivity index (χ2v) is 6.87. The molecule has 0 bridgehead atoms. The fraction of sp³-hybridized carbons (Fsp3) is 0.182. The van der Waals surface area contributed by atoms with E-state index in [1.54, 1.807) is 18.3 Å². The summed E-state index contributed by atoms with van der Waals surface area (Å²) in [6.45, 7) is 2.69. The van der Waals surface area contributed by atoms with E-state index in [-0.39, 0.29) is 18.1 Å². The number of imidazole rings is 1. The van der Waals surface area contributed by atoms with Crippen LogP contribution in [0.1, 0.15) is 23.7 Å². The number of benzene rings is 2. The molecule has 0 aliphatic carbocycles. The zero-order chi connectivity index (χ0) is 20.9. The molecule has 0 spiro atoms. The molecule has 30 heavy (non-hydrogen) atoms. The molecular formula is C22H20FN5O2. The van der Waals surface area contributed by atoms with E-state index in [0.29, 0.717) is 23.7 Å². The second-order valence-electron chi connectivity index (χ2n) is 6.87. The minimum Gasteiger partial charge on any atom is -0.339 e. The molecule has 0 radical (unpaired) electrons. The molecule has 0 saturated carbocycles. The summed E-state index contributed by atoms with van der Waals surface area (Å²) in [5, 5.41) is 6.74. The van der Waals surface area contributed by atoms with Crippen molar-refractivity contribution in [3.05, 3.63) is 84.0 Å². The van der Waals surface area contributed by atoms with Crippen molar-refractivity contribution in [2.24, 2.45) is 0 Å². The van der Waals surface area contributed by atoms with Crippen LogP contribution in [0.2, 0.25) is 0 Å². The fourth-order valence-corrected chi connectivity index (χ4v) is 2.98. The second kappa shape index (κ2) is 8.69. The highest BCUT2D eigenvalue weighted by Gasteiger charge is 2.11. The lowest BCUT2D eigenvalue weighted by atomic mass is 10.2. The highest BCUT2D eigenvalue weighted by molar-refractivity contribution is 5.90. The smallest absolute Gasteiger partial charge is 0.227 e. The molecular weight excluding hydrogens is 385 g/mol. The summed E-state index contributed by atoms with van der Waals surface area (Å²) >= 11 is 0. The molecule has 0 aliphatic heterocycles. The highest BCUT2D eigenvalue weighted by atomic mass is 19.1. The molecule has 2 aromatic heterocycles. The number of aryl methyl sites for hydroxylation is 2. The monoisotopic (exact) mass is 405 g/mol. The summed E-state index contributed by atoms with van der Waals surface area (Å²) in [7, 11) is 0. The molecule has 0 aliphatic rings. The third-order valence-electron chi connectivity index (χ3n) is 4.65. The Labute approximate surface area is 172 Å². The number of hydrogen-bond donors (Lipinski definition) is 1. The van der Waals surface area contributed by atoms with Crippen LogP contribution in [-0.2, 0) is 17.8 Å². The van der Waals surface area contributed by atoms with Gasteiger partial charge >= 0.3 is 0 Å². The van der Waals surface area contributed by atoms with Gasteiger partial charge in [-0.15, -0.1) is 0 Å². The lowest BCUT2D eigenvalue weighted by Gasteiger charge is -2.08. The Hall–Kier alpha value is -3.81. The predicted molar refractivity (Wildman–Crippen MR) is 109 cm³/mol. The number of nitrogens with one attached hydrogen (secondary N) is 1. The summed E-state index contributed by atoms with van der Waals surface area (Å²) in [6.07, 6.45) is 4.24. The molecule has 2 aromatic carbocycles. The summed E-state index contributed by atoms with van der Waals surface area (Å²) in [5.41, 5.74) is 2.50. The molecule has 152 valence electrons.